The normalized spacial score (nSPS) is 10.7. The lowest BCUT2D eigenvalue weighted by molar-refractivity contribution is -0.192. The lowest BCUT2D eigenvalue weighted by atomic mass is 10.1. The van der Waals surface area contributed by atoms with Gasteiger partial charge in [0, 0.05) is 38.2 Å². The average molecular weight is 430 g/mol. The van der Waals surface area contributed by atoms with E-state index in [0.29, 0.717) is 5.69 Å². The summed E-state index contributed by atoms with van der Waals surface area (Å²) >= 11 is 0. The molecule has 0 radical (unpaired) electrons. The number of hydrogen-bond donors (Lipinski definition) is 2. The molecule has 0 spiro atoms. The molecule has 2 aromatic heterocycles. The van der Waals surface area contributed by atoms with Crippen LogP contribution in [0.2, 0.25) is 0 Å². The number of halogens is 3. The highest BCUT2D eigenvalue weighted by Gasteiger charge is 2.38. The van der Waals surface area contributed by atoms with E-state index in [1.54, 1.807) is 0 Å². The summed E-state index contributed by atoms with van der Waals surface area (Å²) < 4.78 is 33.7. The Labute approximate surface area is 177 Å². The molecule has 6 nitrogen and oxygen atoms in total. The summed E-state index contributed by atoms with van der Waals surface area (Å²) in [7, 11) is 1.93. The standard InChI is InChI=1S/C20H20N4.C2HF3O2/c1-15-19(11-20(12-21)24(15)2)14-23-13-16-3-5-17(6-4-16)18-7-9-22-10-8-18;3-2(4,5)1(6)7/h3-11,23H,13-14H2,1-2H3;(H,6,7). The molecule has 0 aliphatic heterocycles. The summed E-state index contributed by atoms with van der Waals surface area (Å²) in [4.78, 5) is 12.9. The lowest BCUT2D eigenvalue weighted by Crippen LogP contribution is -2.21. The largest absolute Gasteiger partial charge is 0.490 e. The number of nitriles is 1. The van der Waals surface area contributed by atoms with Gasteiger partial charge in [-0.15, -0.1) is 0 Å². The number of benzene rings is 1. The molecule has 3 rings (SSSR count). The topological polar surface area (TPSA) is 90.9 Å². The molecular formula is C22H21F3N4O2. The van der Waals surface area contributed by atoms with Crippen molar-refractivity contribution in [1.82, 2.24) is 14.9 Å². The molecule has 0 aliphatic carbocycles. The van der Waals surface area contributed by atoms with Gasteiger partial charge in [-0.2, -0.15) is 18.4 Å². The van der Waals surface area contributed by atoms with Gasteiger partial charge in [-0.1, -0.05) is 24.3 Å². The van der Waals surface area contributed by atoms with Crippen molar-refractivity contribution in [3.05, 3.63) is 77.4 Å². The fourth-order valence-corrected chi connectivity index (χ4v) is 2.75. The first-order chi connectivity index (χ1) is 14.6. The molecule has 31 heavy (non-hydrogen) atoms. The predicted octanol–water partition coefficient (Wildman–Crippen LogP) is 4.19. The molecule has 3 aromatic rings. The van der Waals surface area contributed by atoms with Gasteiger partial charge in [0.15, 0.2) is 0 Å². The molecule has 0 amide bonds. The molecule has 2 N–H and O–H groups in total. The average Bonchev–Trinajstić information content (AvgIpc) is 3.02. The minimum absolute atomic E-state index is 0.700. The summed E-state index contributed by atoms with van der Waals surface area (Å²) in [5.41, 5.74) is 6.61. The van der Waals surface area contributed by atoms with Crippen molar-refractivity contribution in [3.8, 4) is 17.2 Å². The van der Waals surface area contributed by atoms with Crippen molar-refractivity contribution in [2.24, 2.45) is 7.05 Å². The number of carboxylic acid groups (broad SMARTS) is 1. The van der Waals surface area contributed by atoms with Gasteiger partial charge in [0.2, 0.25) is 0 Å². The minimum atomic E-state index is -5.08. The maximum Gasteiger partial charge on any atom is 0.490 e. The zero-order chi connectivity index (χ0) is 23.0. The zero-order valence-corrected chi connectivity index (χ0v) is 16.9. The summed E-state index contributed by atoms with van der Waals surface area (Å²) in [6.07, 6.45) is -1.47. The Balaban J connectivity index is 0.000000423. The summed E-state index contributed by atoms with van der Waals surface area (Å²) in [5, 5.41) is 19.7. The summed E-state index contributed by atoms with van der Waals surface area (Å²) in [6, 6.07) is 16.7. The Morgan fingerprint density at radius 1 is 1.13 bits per heavy atom. The highest BCUT2D eigenvalue weighted by atomic mass is 19.4. The van der Waals surface area contributed by atoms with E-state index in [1.807, 2.05) is 49.1 Å². The van der Waals surface area contributed by atoms with Crippen molar-refractivity contribution in [1.29, 1.82) is 5.26 Å². The van der Waals surface area contributed by atoms with Gasteiger partial charge in [-0.05, 0) is 47.4 Å². The fourth-order valence-electron chi connectivity index (χ4n) is 2.75. The first kappa shape index (κ1) is 23.6. The van der Waals surface area contributed by atoms with Gasteiger partial charge in [0.1, 0.15) is 11.8 Å². The van der Waals surface area contributed by atoms with Gasteiger partial charge in [-0.25, -0.2) is 4.79 Å². The molecule has 0 saturated heterocycles. The van der Waals surface area contributed by atoms with Crippen LogP contribution in [0.5, 0.6) is 0 Å². The van der Waals surface area contributed by atoms with Crippen LogP contribution >= 0.6 is 0 Å². The number of carbonyl (C=O) groups is 1. The third kappa shape index (κ3) is 6.69. The minimum Gasteiger partial charge on any atom is -0.475 e. The Bertz CT molecular complexity index is 1050. The van der Waals surface area contributed by atoms with Crippen molar-refractivity contribution in [2.75, 3.05) is 0 Å². The molecular weight excluding hydrogens is 409 g/mol. The third-order valence-corrected chi connectivity index (χ3v) is 4.61. The second kappa shape index (κ2) is 10.4. The van der Waals surface area contributed by atoms with E-state index >= 15 is 0 Å². The molecule has 162 valence electrons. The number of nitrogens with one attached hydrogen (secondary N) is 1. The van der Waals surface area contributed by atoms with Crippen LogP contribution in [0.15, 0.2) is 54.9 Å². The van der Waals surface area contributed by atoms with Crippen LogP contribution in [-0.4, -0.2) is 26.8 Å². The molecule has 0 saturated carbocycles. The van der Waals surface area contributed by atoms with Gasteiger partial charge in [0.05, 0.1) is 0 Å². The Morgan fingerprint density at radius 2 is 1.68 bits per heavy atom. The number of alkyl halides is 3. The molecule has 0 fully saturated rings. The van der Waals surface area contributed by atoms with Gasteiger partial charge in [0.25, 0.3) is 0 Å². The van der Waals surface area contributed by atoms with Crippen LogP contribution in [-0.2, 0) is 24.9 Å². The Morgan fingerprint density at radius 3 is 2.16 bits per heavy atom. The van der Waals surface area contributed by atoms with E-state index in [4.69, 9.17) is 15.2 Å². The number of hydrogen-bond acceptors (Lipinski definition) is 4. The SMILES string of the molecule is Cc1c(CNCc2ccc(-c3ccncc3)cc2)cc(C#N)n1C.O=C(O)C(F)(F)F. The number of aliphatic carboxylic acids is 1. The molecule has 9 heteroatoms. The Hall–Kier alpha value is -3.64. The number of rotatable bonds is 5. The number of nitrogens with zero attached hydrogens (tertiary/aromatic N) is 3. The molecule has 0 atom stereocenters. The van der Waals surface area contributed by atoms with Crippen LogP contribution in [0, 0.1) is 18.3 Å². The second-order valence-corrected chi connectivity index (χ2v) is 6.65. The van der Waals surface area contributed by atoms with E-state index in [1.165, 1.54) is 22.3 Å². The molecule has 0 bridgehead atoms. The fraction of sp³-hybridized carbons (Fsp3) is 0.227. The van der Waals surface area contributed by atoms with Crippen molar-refractivity contribution >= 4 is 5.97 Å². The smallest absolute Gasteiger partial charge is 0.475 e. The highest BCUT2D eigenvalue weighted by molar-refractivity contribution is 5.73. The van der Waals surface area contributed by atoms with E-state index in [0.717, 1.165) is 18.8 Å². The van der Waals surface area contributed by atoms with Gasteiger partial charge in [-0.3, -0.25) is 4.98 Å². The van der Waals surface area contributed by atoms with E-state index in [-0.39, 0.29) is 0 Å². The van der Waals surface area contributed by atoms with Crippen molar-refractivity contribution in [2.45, 2.75) is 26.2 Å². The highest BCUT2D eigenvalue weighted by Crippen LogP contribution is 2.19. The van der Waals surface area contributed by atoms with Crippen LogP contribution < -0.4 is 5.32 Å². The zero-order valence-electron chi connectivity index (χ0n) is 16.9. The van der Waals surface area contributed by atoms with E-state index in [2.05, 4.69) is 40.6 Å². The molecule has 0 unspecified atom stereocenters. The van der Waals surface area contributed by atoms with E-state index in [9.17, 15) is 13.2 Å². The lowest BCUT2D eigenvalue weighted by Gasteiger charge is -2.07. The van der Waals surface area contributed by atoms with Gasteiger partial charge >= 0.3 is 12.1 Å². The summed E-state index contributed by atoms with van der Waals surface area (Å²) in [5.74, 6) is -2.76. The van der Waals surface area contributed by atoms with Crippen LogP contribution in [0.1, 0.15) is 22.5 Å². The van der Waals surface area contributed by atoms with Gasteiger partial charge < -0.3 is 15.0 Å². The quantitative estimate of drug-likeness (QED) is 0.633. The van der Waals surface area contributed by atoms with Crippen LogP contribution in [0.3, 0.4) is 0 Å². The maximum absolute atomic E-state index is 10.6. The maximum atomic E-state index is 10.6. The molecule has 0 aliphatic rings. The second-order valence-electron chi connectivity index (χ2n) is 6.65. The number of aromatic nitrogens is 2. The Kier molecular flexibility index (Phi) is 7.94. The number of pyridine rings is 1. The molecule has 1 aromatic carbocycles. The van der Waals surface area contributed by atoms with Crippen molar-refractivity contribution in [3.63, 3.8) is 0 Å². The van der Waals surface area contributed by atoms with Crippen LogP contribution in [0.4, 0.5) is 13.2 Å². The predicted molar refractivity (Wildman–Crippen MR) is 109 cm³/mol. The number of carboxylic acids is 1. The third-order valence-electron chi connectivity index (χ3n) is 4.61. The first-order valence-corrected chi connectivity index (χ1v) is 9.19. The summed E-state index contributed by atoms with van der Waals surface area (Å²) in [6.45, 7) is 3.60. The monoisotopic (exact) mass is 430 g/mol. The van der Waals surface area contributed by atoms with Crippen LogP contribution in [0.25, 0.3) is 11.1 Å². The van der Waals surface area contributed by atoms with E-state index < -0.39 is 12.1 Å². The van der Waals surface area contributed by atoms with Crippen molar-refractivity contribution < 1.29 is 23.1 Å². The first-order valence-electron chi connectivity index (χ1n) is 9.19. The molecule has 2 heterocycles.